The topological polar surface area (TPSA) is 55.1 Å². The van der Waals surface area contributed by atoms with Gasteiger partial charge in [-0.15, -0.1) is 0 Å². The molecular formula is C14H21ClN2O. The molecule has 0 heterocycles. The summed E-state index contributed by atoms with van der Waals surface area (Å²) in [5.41, 5.74) is 5.96. The number of hydrogen-bond donors (Lipinski definition) is 2. The van der Waals surface area contributed by atoms with Crippen molar-refractivity contribution in [3.05, 3.63) is 34.9 Å². The van der Waals surface area contributed by atoms with Crippen molar-refractivity contribution in [2.24, 2.45) is 11.7 Å². The van der Waals surface area contributed by atoms with Crippen LogP contribution < -0.4 is 11.1 Å². The maximum atomic E-state index is 12.0. The van der Waals surface area contributed by atoms with Crippen LogP contribution in [-0.4, -0.2) is 11.4 Å². The molecule has 100 valence electrons. The summed E-state index contributed by atoms with van der Waals surface area (Å²) in [6.45, 7) is 7.51. The zero-order valence-corrected chi connectivity index (χ0v) is 12.1. The normalized spacial score (nSPS) is 13.5. The van der Waals surface area contributed by atoms with Gasteiger partial charge in [-0.3, -0.25) is 4.79 Å². The molecule has 0 saturated carbocycles. The molecule has 0 aromatic heterocycles. The third-order valence-electron chi connectivity index (χ3n) is 2.77. The summed E-state index contributed by atoms with van der Waals surface area (Å²) in [5.74, 6) is 0.119. The van der Waals surface area contributed by atoms with E-state index in [1.54, 1.807) is 13.8 Å². The van der Waals surface area contributed by atoms with Gasteiger partial charge in [0.1, 0.15) is 0 Å². The molecule has 0 bridgehead atoms. The van der Waals surface area contributed by atoms with E-state index in [2.05, 4.69) is 19.2 Å². The highest BCUT2D eigenvalue weighted by Crippen LogP contribution is 2.23. The van der Waals surface area contributed by atoms with Crippen LogP contribution in [0, 0.1) is 5.92 Å². The summed E-state index contributed by atoms with van der Waals surface area (Å²) >= 11 is 5.87. The number of rotatable bonds is 4. The molecule has 0 spiro atoms. The summed E-state index contributed by atoms with van der Waals surface area (Å²) < 4.78 is 0. The molecule has 1 aromatic carbocycles. The fourth-order valence-electron chi connectivity index (χ4n) is 1.63. The van der Waals surface area contributed by atoms with E-state index < -0.39 is 5.54 Å². The minimum absolute atomic E-state index is 0.0578. The van der Waals surface area contributed by atoms with Crippen molar-refractivity contribution in [3.63, 3.8) is 0 Å². The Morgan fingerprint density at radius 1 is 1.28 bits per heavy atom. The molecular weight excluding hydrogens is 248 g/mol. The quantitative estimate of drug-likeness (QED) is 0.882. The number of amides is 1. The molecule has 0 fully saturated rings. The third-order valence-corrected chi connectivity index (χ3v) is 3.02. The Balaban J connectivity index is 2.91. The fourth-order valence-corrected chi connectivity index (χ4v) is 1.76. The van der Waals surface area contributed by atoms with E-state index in [9.17, 15) is 4.79 Å². The molecule has 1 aromatic rings. The lowest BCUT2D eigenvalue weighted by Crippen LogP contribution is -2.50. The van der Waals surface area contributed by atoms with Crippen molar-refractivity contribution in [1.82, 2.24) is 5.32 Å². The van der Waals surface area contributed by atoms with Crippen molar-refractivity contribution < 1.29 is 4.79 Å². The highest BCUT2D eigenvalue weighted by Gasteiger charge is 2.26. The number of hydrogen-bond acceptors (Lipinski definition) is 2. The van der Waals surface area contributed by atoms with Crippen molar-refractivity contribution in [3.8, 4) is 0 Å². The number of benzene rings is 1. The molecule has 4 heteroatoms. The first-order valence-corrected chi connectivity index (χ1v) is 6.45. The molecule has 1 unspecified atom stereocenters. The molecule has 0 aliphatic carbocycles. The zero-order chi connectivity index (χ0) is 13.9. The maximum absolute atomic E-state index is 12.0. The Morgan fingerprint density at radius 3 is 2.17 bits per heavy atom. The first-order valence-electron chi connectivity index (χ1n) is 6.07. The second-order valence-electron chi connectivity index (χ2n) is 5.47. The van der Waals surface area contributed by atoms with E-state index in [-0.39, 0.29) is 17.9 Å². The van der Waals surface area contributed by atoms with E-state index in [0.717, 1.165) is 5.56 Å². The van der Waals surface area contributed by atoms with Crippen LogP contribution >= 0.6 is 11.6 Å². The summed E-state index contributed by atoms with van der Waals surface area (Å²) in [4.78, 5) is 12.0. The molecule has 0 aliphatic rings. The second-order valence-corrected chi connectivity index (χ2v) is 5.90. The van der Waals surface area contributed by atoms with Gasteiger partial charge in [0, 0.05) is 5.02 Å². The monoisotopic (exact) mass is 268 g/mol. The summed E-state index contributed by atoms with van der Waals surface area (Å²) in [6.07, 6.45) is 0. The van der Waals surface area contributed by atoms with Crippen LogP contribution in [0.15, 0.2) is 24.3 Å². The molecule has 0 aliphatic heterocycles. The Morgan fingerprint density at radius 2 is 1.78 bits per heavy atom. The van der Waals surface area contributed by atoms with Gasteiger partial charge >= 0.3 is 0 Å². The lowest BCUT2D eigenvalue weighted by Gasteiger charge is -2.27. The van der Waals surface area contributed by atoms with Gasteiger partial charge in [-0.2, -0.15) is 0 Å². The lowest BCUT2D eigenvalue weighted by molar-refractivity contribution is -0.126. The molecule has 0 saturated heterocycles. The Kier molecular flexibility index (Phi) is 4.77. The van der Waals surface area contributed by atoms with Crippen molar-refractivity contribution >= 4 is 17.5 Å². The van der Waals surface area contributed by atoms with Gasteiger partial charge in [-0.25, -0.2) is 0 Å². The highest BCUT2D eigenvalue weighted by atomic mass is 35.5. The molecule has 3 nitrogen and oxygen atoms in total. The predicted molar refractivity (Wildman–Crippen MR) is 75.4 cm³/mol. The molecule has 1 amide bonds. The van der Waals surface area contributed by atoms with Gasteiger partial charge in [-0.1, -0.05) is 37.6 Å². The molecule has 18 heavy (non-hydrogen) atoms. The lowest BCUT2D eigenvalue weighted by atomic mass is 9.94. The van der Waals surface area contributed by atoms with E-state index >= 15 is 0 Å². The van der Waals surface area contributed by atoms with E-state index in [1.165, 1.54) is 0 Å². The fraction of sp³-hybridized carbons (Fsp3) is 0.500. The Labute approximate surface area is 114 Å². The average molecular weight is 269 g/mol. The molecule has 1 rings (SSSR count). The smallest absolute Gasteiger partial charge is 0.239 e. The first kappa shape index (κ1) is 15.0. The van der Waals surface area contributed by atoms with Crippen LogP contribution in [0.2, 0.25) is 5.02 Å². The van der Waals surface area contributed by atoms with Gasteiger partial charge in [0.05, 0.1) is 11.6 Å². The minimum atomic E-state index is -0.875. The number of carbonyl (C=O) groups is 1. The van der Waals surface area contributed by atoms with E-state index in [1.807, 2.05) is 24.3 Å². The van der Waals surface area contributed by atoms with Crippen molar-refractivity contribution in [1.29, 1.82) is 0 Å². The van der Waals surface area contributed by atoms with E-state index in [0.29, 0.717) is 5.02 Å². The van der Waals surface area contributed by atoms with Crippen LogP contribution in [0.4, 0.5) is 0 Å². The molecule has 1 atom stereocenters. The van der Waals surface area contributed by atoms with E-state index in [4.69, 9.17) is 17.3 Å². The second kappa shape index (κ2) is 5.72. The predicted octanol–water partition coefficient (Wildman–Crippen LogP) is 2.89. The van der Waals surface area contributed by atoms with Crippen LogP contribution in [0.25, 0.3) is 0 Å². The highest BCUT2D eigenvalue weighted by molar-refractivity contribution is 6.30. The first-order chi connectivity index (χ1) is 8.21. The van der Waals surface area contributed by atoms with Gasteiger partial charge in [0.15, 0.2) is 0 Å². The van der Waals surface area contributed by atoms with Crippen LogP contribution in [0.1, 0.15) is 39.3 Å². The van der Waals surface area contributed by atoms with Crippen molar-refractivity contribution in [2.75, 3.05) is 0 Å². The van der Waals surface area contributed by atoms with Crippen LogP contribution in [-0.2, 0) is 4.79 Å². The Bertz CT molecular complexity index is 407. The summed E-state index contributed by atoms with van der Waals surface area (Å²) in [5, 5.41) is 3.67. The summed E-state index contributed by atoms with van der Waals surface area (Å²) in [7, 11) is 0. The van der Waals surface area contributed by atoms with Crippen LogP contribution in [0.5, 0.6) is 0 Å². The standard InChI is InChI=1S/C14H21ClN2O/c1-9(2)12(17-13(18)14(3,4)16)10-5-7-11(15)8-6-10/h5-9,12H,16H2,1-4H3,(H,17,18). The SMILES string of the molecule is CC(C)C(NC(=O)C(C)(C)N)c1ccc(Cl)cc1. The number of nitrogens with one attached hydrogen (secondary N) is 1. The van der Waals surface area contributed by atoms with Gasteiger partial charge < -0.3 is 11.1 Å². The van der Waals surface area contributed by atoms with Crippen LogP contribution in [0.3, 0.4) is 0 Å². The Hall–Kier alpha value is -1.06. The molecule has 0 radical (unpaired) electrons. The average Bonchev–Trinajstić information content (AvgIpc) is 2.25. The van der Waals surface area contributed by atoms with Gasteiger partial charge in [0.2, 0.25) is 5.91 Å². The maximum Gasteiger partial charge on any atom is 0.239 e. The number of carbonyl (C=O) groups excluding carboxylic acids is 1. The molecule has 3 N–H and O–H groups in total. The third kappa shape index (κ3) is 4.00. The minimum Gasteiger partial charge on any atom is -0.347 e. The zero-order valence-electron chi connectivity index (χ0n) is 11.3. The summed E-state index contributed by atoms with van der Waals surface area (Å²) in [6, 6.07) is 7.45. The largest absolute Gasteiger partial charge is 0.347 e. The van der Waals surface area contributed by atoms with Gasteiger partial charge in [-0.05, 0) is 37.5 Å². The number of nitrogens with two attached hydrogens (primary N) is 1. The van der Waals surface area contributed by atoms with Gasteiger partial charge in [0.25, 0.3) is 0 Å². The number of halogens is 1. The van der Waals surface area contributed by atoms with Crippen molar-refractivity contribution in [2.45, 2.75) is 39.3 Å².